The van der Waals surface area contributed by atoms with Crippen LogP contribution in [0.1, 0.15) is 11.6 Å². The van der Waals surface area contributed by atoms with Crippen LogP contribution in [-0.4, -0.2) is 31.1 Å². The third-order valence-electron chi connectivity index (χ3n) is 2.99. The van der Waals surface area contributed by atoms with E-state index in [9.17, 15) is 5.26 Å². The Morgan fingerprint density at radius 3 is 2.56 bits per heavy atom. The summed E-state index contributed by atoms with van der Waals surface area (Å²) in [5.74, 6) is 0. The van der Waals surface area contributed by atoms with Crippen molar-refractivity contribution in [1.82, 2.24) is 10.2 Å². The maximum Gasteiger partial charge on any atom is 0.123 e. The Morgan fingerprint density at radius 2 is 2.06 bits per heavy atom. The van der Waals surface area contributed by atoms with Gasteiger partial charge < -0.3 is 5.32 Å². The van der Waals surface area contributed by atoms with Crippen molar-refractivity contribution >= 4 is 11.6 Å². The third kappa shape index (κ3) is 2.19. The van der Waals surface area contributed by atoms with E-state index in [2.05, 4.69) is 16.3 Å². The molecule has 1 aromatic rings. The van der Waals surface area contributed by atoms with Crippen LogP contribution in [0.4, 0.5) is 0 Å². The minimum atomic E-state index is -0.151. The number of nitrogens with zero attached hydrogens (tertiary/aromatic N) is 2. The van der Waals surface area contributed by atoms with Crippen LogP contribution in [0, 0.1) is 11.3 Å². The van der Waals surface area contributed by atoms with Crippen LogP contribution in [0.5, 0.6) is 0 Å². The standard InChI is InChI=1S/C12H14ClN3/c1-15-11-7-16(8-11)12(6-14)9-2-4-10(13)5-3-9/h2-5,11-12,15H,7-8H2,1H3. The van der Waals surface area contributed by atoms with E-state index >= 15 is 0 Å². The zero-order chi connectivity index (χ0) is 11.5. The van der Waals surface area contributed by atoms with Crippen LogP contribution in [0.3, 0.4) is 0 Å². The lowest BCUT2D eigenvalue weighted by atomic mass is 10.0. The van der Waals surface area contributed by atoms with E-state index in [1.54, 1.807) is 0 Å². The Labute approximate surface area is 101 Å². The zero-order valence-corrected chi connectivity index (χ0v) is 9.91. The summed E-state index contributed by atoms with van der Waals surface area (Å²) in [5, 5.41) is 13.1. The Kier molecular flexibility index (Phi) is 3.45. The average molecular weight is 236 g/mol. The van der Waals surface area contributed by atoms with Gasteiger partial charge in [0.15, 0.2) is 0 Å². The van der Waals surface area contributed by atoms with Gasteiger partial charge in [-0.15, -0.1) is 0 Å². The summed E-state index contributed by atoms with van der Waals surface area (Å²) in [6, 6.07) is 10.2. The van der Waals surface area contributed by atoms with Gasteiger partial charge >= 0.3 is 0 Å². The van der Waals surface area contributed by atoms with Crippen LogP contribution in [0.25, 0.3) is 0 Å². The quantitative estimate of drug-likeness (QED) is 0.869. The predicted molar refractivity (Wildman–Crippen MR) is 64.2 cm³/mol. The van der Waals surface area contributed by atoms with Gasteiger partial charge in [0.1, 0.15) is 6.04 Å². The van der Waals surface area contributed by atoms with Crippen molar-refractivity contribution < 1.29 is 0 Å². The van der Waals surface area contributed by atoms with Crippen LogP contribution >= 0.6 is 11.6 Å². The summed E-state index contributed by atoms with van der Waals surface area (Å²) in [6.07, 6.45) is 0. The van der Waals surface area contributed by atoms with Gasteiger partial charge in [-0.3, -0.25) is 4.90 Å². The molecule has 1 aliphatic rings. The van der Waals surface area contributed by atoms with E-state index in [4.69, 9.17) is 11.6 Å². The van der Waals surface area contributed by atoms with Crippen LogP contribution in [-0.2, 0) is 0 Å². The summed E-state index contributed by atoms with van der Waals surface area (Å²) >= 11 is 5.83. The molecule has 0 amide bonds. The Bertz CT molecular complexity index is 390. The second-order valence-electron chi connectivity index (χ2n) is 4.02. The van der Waals surface area contributed by atoms with Gasteiger partial charge in [-0.2, -0.15) is 5.26 Å². The first kappa shape index (κ1) is 11.4. The van der Waals surface area contributed by atoms with E-state index in [0.29, 0.717) is 11.1 Å². The normalized spacial score (nSPS) is 18.8. The summed E-state index contributed by atoms with van der Waals surface area (Å²) in [5.41, 5.74) is 1.02. The van der Waals surface area contributed by atoms with Crippen molar-refractivity contribution in [2.45, 2.75) is 12.1 Å². The minimum absolute atomic E-state index is 0.151. The molecule has 1 atom stereocenters. The molecule has 0 bridgehead atoms. The van der Waals surface area contributed by atoms with E-state index in [1.807, 2.05) is 31.3 Å². The second-order valence-corrected chi connectivity index (χ2v) is 4.46. The Morgan fingerprint density at radius 1 is 1.44 bits per heavy atom. The van der Waals surface area contributed by atoms with E-state index in [-0.39, 0.29) is 6.04 Å². The van der Waals surface area contributed by atoms with E-state index in [0.717, 1.165) is 18.7 Å². The number of benzene rings is 1. The summed E-state index contributed by atoms with van der Waals surface area (Å²) in [7, 11) is 1.95. The van der Waals surface area contributed by atoms with Gasteiger partial charge in [-0.1, -0.05) is 23.7 Å². The first-order chi connectivity index (χ1) is 7.74. The van der Waals surface area contributed by atoms with E-state index in [1.165, 1.54) is 0 Å². The number of nitrogens with one attached hydrogen (secondary N) is 1. The van der Waals surface area contributed by atoms with Gasteiger partial charge in [-0.05, 0) is 24.7 Å². The molecule has 0 aromatic heterocycles. The highest BCUT2D eigenvalue weighted by molar-refractivity contribution is 6.30. The SMILES string of the molecule is CNC1CN(C(C#N)c2ccc(Cl)cc2)C1. The molecule has 0 spiro atoms. The van der Waals surface area contributed by atoms with E-state index < -0.39 is 0 Å². The average Bonchev–Trinajstić information content (AvgIpc) is 2.24. The fraction of sp³-hybridized carbons (Fsp3) is 0.417. The van der Waals surface area contributed by atoms with Crippen LogP contribution in [0.2, 0.25) is 5.02 Å². The van der Waals surface area contributed by atoms with Gasteiger partial charge in [-0.25, -0.2) is 0 Å². The maximum absolute atomic E-state index is 9.20. The van der Waals surface area contributed by atoms with Crippen LogP contribution in [0.15, 0.2) is 24.3 Å². The third-order valence-corrected chi connectivity index (χ3v) is 3.24. The number of halogens is 1. The molecule has 0 radical (unpaired) electrons. The minimum Gasteiger partial charge on any atom is -0.315 e. The number of rotatable bonds is 3. The predicted octanol–water partition coefficient (Wildman–Crippen LogP) is 1.81. The lowest BCUT2D eigenvalue weighted by Gasteiger charge is -2.41. The van der Waals surface area contributed by atoms with Crippen LogP contribution < -0.4 is 5.32 Å². The molecule has 1 aliphatic heterocycles. The molecule has 1 aromatic carbocycles. The molecule has 1 heterocycles. The lowest BCUT2D eigenvalue weighted by Crippen LogP contribution is -2.57. The first-order valence-electron chi connectivity index (χ1n) is 5.31. The van der Waals surface area contributed by atoms with Crippen molar-refractivity contribution in [3.8, 4) is 6.07 Å². The zero-order valence-electron chi connectivity index (χ0n) is 9.15. The summed E-state index contributed by atoms with van der Waals surface area (Å²) in [4.78, 5) is 2.16. The maximum atomic E-state index is 9.20. The molecule has 0 aliphatic carbocycles. The van der Waals surface area contributed by atoms with Gasteiger partial charge in [0, 0.05) is 24.2 Å². The number of nitriles is 1. The molecule has 1 saturated heterocycles. The molecule has 2 rings (SSSR count). The molecule has 1 fully saturated rings. The van der Waals surface area contributed by atoms with Crippen molar-refractivity contribution in [2.75, 3.05) is 20.1 Å². The number of hydrogen-bond donors (Lipinski definition) is 1. The highest BCUT2D eigenvalue weighted by Gasteiger charge is 2.31. The van der Waals surface area contributed by atoms with Gasteiger partial charge in [0.05, 0.1) is 6.07 Å². The van der Waals surface area contributed by atoms with Gasteiger partial charge in [0.25, 0.3) is 0 Å². The molecule has 0 saturated carbocycles. The molecular weight excluding hydrogens is 222 g/mol. The van der Waals surface area contributed by atoms with Gasteiger partial charge in [0.2, 0.25) is 0 Å². The first-order valence-corrected chi connectivity index (χ1v) is 5.69. The molecule has 3 nitrogen and oxygen atoms in total. The highest BCUT2D eigenvalue weighted by Crippen LogP contribution is 2.26. The fourth-order valence-electron chi connectivity index (χ4n) is 1.92. The van der Waals surface area contributed by atoms with Crippen molar-refractivity contribution in [2.24, 2.45) is 0 Å². The molecule has 1 unspecified atom stereocenters. The highest BCUT2D eigenvalue weighted by atomic mass is 35.5. The molecule has 1 N–H and O–H groups in total. The monoisotopic (exact) mass is 235 g/mol. The van der Waals surface area contributed by atoms with Crippen molar-refractivity contribution in [1.29, 1.82) is 5.26 Å². The molecule has 16 heavy (non-hydrogen) atoms. The van der Waals surface area contributed by atoms with Crippen molar-refractivity contribution in [3.63, 3.8) is 0 Å². The lowest BCUT2D eigenvalue weighted by molar-refractivity contribution is 0.104. The second kappa shape index (κ2) is 4.84. The largest absolute Gasteiger partial charge is 0.315 e. The smallest absolute Gasteiger partial charge is 0.123 e. The molecular formula is C12H14ClN3. The summed E-state index contributed by atoms with van der Waals surface area (Å²) in [6.45, 7) is 1.86. The Hall–Kier alpha value is -1.08. The fourth-order valence-corrected chi connectivity index (χ4v) is 2.04. The number of likely N-dealkylation sites (tertiary alicyclic amines) is 1. The molecule has 84 valence electrons. The molecule has 4 heteroatoms. The number of hydrogen-bond acceptors (Lipinski definition) is 3. The Balaban J connectivity index is 2.07. The van der Waals surface area contributed by atoms with Crippen molar-refractivity contribution in [3.05, 3.63) is 34.9 Å². The number of likely N-dealkylation sites (N-methyl/N-ethyl adjacent to an activating group) is 1. The summed E-state index contributed by atoms with van der Waals surface area (Å²) < 4.78 is 0. The topological polar surface area (TPSA) is 39.1 Å².